The minimum absolute atomic E-state index is 0.305. The Morgan fingerprint density at radius 1 is 1.40 bits per heavy atom. The Labute approximate surface area is 91.2 Å². The van der Waals surface area contributed by atoms with Crippen LogP contribution < -0.4 is 0 Å². The first kappa shape index (κ1) is 10.3. The van der Waals surface area contributed by atoms with E-state index in [-0.39, 0.29) is 5.82 Å². The van der Waals surface area contributed by atoms with Crippen LogP contribution in [0.1, 0.15) is 22.1 Å². The molecule has 0 fully saturated rings. The van der Waals surface area contributed by atoms with E-state index in [4.69, 9.17) is 0 Å². The van der Waals surface area contributed by atoms with Gasteiger partial charge in [0.15, 0.2) is 0 Å². The molecule has 0 bridgehead atoms. The van der Waals surface area contributed by atoms with Crippen molar-refractivity contribution in [1.82, 2.24) is 4.37 Å². The number of aliphatic hydroxyl groups is 1. The van der Waals surface area contributed by atoms with Crippen molar-refractivity contribution >= 4 is 11.5 Å². The second-order valence-electron chi connectivity index (χ2n) is 3.34. The summed E-state index contributed by atoms with van der Waals surface area (Å²) < 4.78 is 17.3. The van der Waals surface area contributed by atoms with Crippen LogP contribution in [0.15, 0.2) is 30.5 Å². The molecule has 2 rings (SSSR count). The van der Waals surface area contributed by atoms with E-state index in [1.807, 2.05) is 6.92 Å². The van der Waals surface area contributed by atoms with Gasteiger partial charge in [0.25, 0.3) is 0 Å². The number of halogens is 1. The average molecular weight is 223 g/mol. The van der Waals surface area contributed by atoms with E-state index in [0.717, 1.165) is 5.56 Å². The summed E-state index contributed by atoms with van der Waals surface area (Å²) in [5.41, 5.74) is 1.23. The normalized spacial score (nSPS) is 12.7. The van der Waals surface area contributed by atoms with Crippen LogP contribution in [0.5, 0.6) is 0 Å². The number of aryl methyl sites for hydroxylation is 1. The highest BCUT2D eigenvalue weighted by molar-refractivity contribution is 7.05. The van der Waals surface area contributed by atoms with Gasteiger partial charge >= 0.3 is 0 Å². The third kappa shape index (κ3) is 2.06. The number of hydrogen-bond donors (Lipinski definition) is 1. The van der Waals surface area contributed by atoms with Gasteiger partial charge in [0.1, 0.15) is 11.9 Å². The zero-order chi connectivity index (χ0) is 10.8. The van der Waals surface area contributed by atoms with E-state index in [1.54, 1.807) is 24.4 Å². The van der Waals surface area contributed by atoms with Crippen molar-refractivity contribution in [3.63, 3.8) is 0 Å². The highest BCUT2D eigenvalue weighted by atomic mass is 32.1. The highest BCUT2D eigenvalue weighted by Gasteiger charge is 2.16. The first-order chi connectivity index (χ1) is 7.18. The van der Waals surface area contributed by atoms with E-state index in [0.29, 0.717) is 10.4 Å². The molecule has 1 heterocycles. The first-order valence-electron chi connectivity index (χ1n) is 4.53. The SMILES string of the molecule is Cc1ccc(F)c(C(O)c2ccns2)c1. The molecule has 0 spiro atoms. The number of benzene rings is 1. The van der Waals surface area contributed by atoms with Gasteiger partial charge in [-0.2, -0.15) is 0 Å². The molecular weight excluding hydrogens is 213 g/mol. The summed E-state index contributed by atoms with van der Waals surface area (Å²) in [5, 5.41) is 9.92. The van der Waals surface area contributed by atoms with Crippen LogP contribution in [-0.2, 0) is 0 Å². The van der Waals surface area contributed by atoms with Gasteiger partial charge in [-0.05, 0) is 30.6 Å². The summed E-state index contributed by atoms with van der Waals surface area (Å²) in [6.45, 7) is 1.86. The Morgan fingerprint density at radius 2 is 2.20 bits per heavy atom. The number of hydrogen-bond acceptors (Lipinski definition) is 3. The zero-order valence-electron chi connectivity index (χ0n) is 8.14. The molecule has 78 valence electrons. The number of nitrogens with zero attached hydrogens (tertiary/aromatic N) is 1. The van der Waals surface area contributed by atoms with E-state index in [1.165, 1.54) is 17.6 Å². The average Bonchev–Trinajstić information content (AvgIpc) is 2.74. The van der Waals surface area contributed by atoms with Gasteiger partial charge in [-0.3, -0.25) is 0 Å². The molecule has 0 saturated heterocycles. The number of aliphatic hydroxyl groups excluding tert-OH is 1. The van der Waals surface area contributed by atoms with Gasteiger partial charge in [-0.15, -0.1) is 0 Å². The van der Waals surface area contributed by atoms with E-state index < -0.39 is 6.10 Å². The minimum atomic E-state index is -0.919. The van der Waals surface area contributed by atoms with Crippen LogP contribution in [0.4, 0.5) is 4.39 Å². The third-order valence-corrected chi connectivity index (χ3v) is 2.97. The van der Waals surface area contributed by atoms with Gasteiger partial charge in [-0.25, -0.2) is 8.76 Å². The monoisotopic (exact) mass is 223 g/mol. The second-order valence-corrected chi connectivity index (χ2v) is 4.21. The fourth-order valence-corrected chi connectivity index (χ4v) is 1.98. The van der Waals surface area contributed by atoms with Crippen molar-refractivity contribution in [3.05, 3.63) is 52.3 Å². The molecule has 15 heavy (non-hydrogen) atoms. The fourth-order valence-electron chi connectivity index (χ4n) is 1.39. The Morgan fingerprint density at radius 3 is 2.87 bits per heavy atom. The topological polar surface area (TPSA) is 33.1 Å². The van der Waals surface area contributed by atoms with Gasteiger partial charge in [0, 0.05) is 11.8 Å². The van der Waals surface area contributed by atoms with Crippen molar-refractivity contribution in [2.24, 2.45) is 0 Å². The molecule has 1 unspecified atom stereocenters. The molecule has 1 aromatic heterocycles. The van der Waals surface area contributed by atoms with Gasteiger partial charge < -0.3 is 5.11 Å². The van der Waals surface area contributed by atoms with E-state index >= 15 is 0 Å². The fraction of sp³-hybridized carbons (Fsp3) is 0.182. The molecule has 0 radical (unpaired) electrons. The van der Waals surface area contributed by atoms with Crippen LogP contribution >= 0.6 is 11.5 Å². The smallest absolute Gasteiger partial charge is 0.129 e. The maximum Gasteiger partial charge on any atom is 0.129 e. The lowest BCUT2D eigenvalue weighted by Crippen LogP contribution is -2.00. The summed E-state index contributed by atoms with van der Waals surface area (Å²) >= 11 is 1.17. The largest absolute Gasteiger partial charge is 0.383 e. The van der Waals surface area contributed by atoms with E-state index in [2.05, 4.69) is 4.37 Å². The quantitative estimate of drug-likeness (QED) is 0.849. The van der Waals surface area contributed by atoms with Crippen molar-refractivity contribution < 1.29 is 9.50 Å². The Hall–Kier alpha value is -1.26. The molecule has 0 aliphatic heterocycles. The van der Waals surface area contributed by atoms with Crippen molar-refractivity contribution in [2.75, 3.05) is 0 Å². The summed E-state index contributed by atoms with van der Waals surface area (Å²) in [6, 6.07) is 6.39. The second kappa shape index (κ2) is 4.08. The Bertz CT molecular complexity index is 456. The predicted octanol–water partition coefficient (Wildman–Crippen LogP) is 2.67. The molecule has 2 aromatic rings. The van der Waals surface area contributed by atoms with E-state index in [9.17, 15) is 9.50 Å². The lowest BCUT2D eigenvalue weighted by molar-refractivity contribution is 0.218. The van der Waals surface area contributed by atoms with Crippen molar-refractivity contribution in [1.29, 1.82) is 0 Å². The first-order valence-corrected chi connectivity index (χ1v) is 5.30. The van der Waals surface area contributed by atoms with Gasteiger partial charge in [0.2, 0.25) is 0 Å². The van der Waals surface area contributed by atoms with Crippen LogP contribution in [0, 0.1) is 12.7 Å². The molecule has 0 amide bonds. The van der Waals surface area contributed by atoms with Crippen molar-refractivity contribution in [3.8, 4) is 0 Å². The molecule has 2 nitrogen and oxygen atoms in total. The maximum absolute atomic E-state index is 13.4. The summed E-state index contributed by atoms with van der Waals surface area (Å²) in [7, 11) is 0. The summed E-state index contributed by atoms with van der Waals surface area (Å²) in [5.74, 6) is -0.388. The van der Waals surface area contributed by atoms with Gasteiger partial charge in [-0.1, -0.05) is 17.7 Å². The molecule has 0 saturated carbocycles. The lowest BCUT2D eigenvalue weighted by Gasteiger charge is -2.10. The third-order valence-electron chi connectivity index (χ3n) is 2.17. The molecular formula is C11H10FNOS. The molecule has 0 aliphatic carbocycles. The number of rotatable bonds is 2. The number of aromatic nitrogens is 1. The highest BCUT2D eigenvalue weighted by Crippen LogP contribution is 2.26. The molecule has 1 N–H and O–H groups in total. The van der Waals surface area contributed by atoms with Crippen LogP contribution in [-0.4, -0.2) is 9.48 Å². The molecule has 0 aliphatic rings. The summed E-state index contributed by atoms with van der Waals surface area (Å²) in [6.07, 6.45) is 0.675. The van der Waals surface area contributed by atoms with Crippen LogP contribution in [0.3, 0.4) is 0 Å². The van der Waals surface area contributed by atoms with Crippen molar-refractivity contribution in [2.45, 2.75) is 13.0 Å². The summed E-state index contributed by atoms with van der Waals surface area (Å²) in [4.78, 5) is 0.652. The molecule has 4 heteroatoms. The van der Waals surface area contributed by atoms with Gasteiger partial charge in [0.05, 0.1) is 4.88 Å². The maximum atomic E-state index is 13.4. The van der Waals surface area contributed by atoms with Crippen LogP contribution in [0.25, 0.3) is 0 Å². The Kier molecular flexibility index (Phi) is 2.79. The predicted molar refractivity (Wildman–Crippen MR) is 57.3 cm³/mol. The standard InChI is InChI=1S/C11H10FNOS/c1-7-2-3-9(12)8(6-7)11(14)10-4-5-13-15-10/h2-6,11,14H,1H3. The van der Waals surface area contributed by atoms with Crippen LogP contribution in [0.2, 0.25) is 0 Å². The minimum Gasteiger partial charge on any atom is -0.383 e. The molecule has 1 aromatic carbocycles. The lowest BCUT2D eigenvalue weighted by atomic mass is 10.0. The Balaban J connectivity index is 2.41. The molecule has 1 atom stereocenters. The zero-order valence-corrected chi connectivity index (χ0v) is 8.96.